The minimum atomic E-state index is -0.323. The Bertz CT molecular complexity index is 883. The molecule has 1 fully saturated rings. The molecule has 2 amide bonds. The molecule has 25 heavy (non-hydrogen) atoms. The minimum absolute atomic E-state index is 0.127. The van der Waals surface area contributed by atoms with E-state index in [0.717, 1.165) is 16.8 Å². The predicted molar refractivity (Wildman–Crippen MR) is 95.9 cm³/mol. The maximum absolute atomic E-state index is 12.3. The maximum atomic E-state index is 12.3. The largest absolute Gasteiger partial charge is 0.326 e. The summed E-state index contributed by atoms with van der Waals surface area (Å²) in [5, 5.41) is 14.6. The molecule has 2 N–H and O–H groups in total. The first-order valence-corrected chi connectivity index (χ1v) is 8.17. The highest BCUT2D eigenvalue weighted by Gasteiger charge is 2.48. The second kappa shape index (κ2) is 6.78. The first kappa shape index (κ1) is 16.7. The van der Waals surface area contributed by atoms with Gasteiger partial charge in [0.05, 0.1) is 23.5 Å². The van der Waals surface area contributed by atoms with Crippen LogP contribution >= 0.6 is 0 Å². The summed E-state index contributed by atoms with van der Waals surface area (Å²) in [5.74, 6) is -0.940. The van der Waals surface area contributed by atoms with Gasteiger partial charge in [-0.15, -0.1) is 0 Å². The van der Waals surface area contributed by atoms with Gasteiger partial charge in [-0.3, -0.25) is 9.59 Å². The van der Waals surface area contributed by atoms with E-state index in [4.69, 9.17) is 5.26 Å². The molecule has 0 saturated heterocycles. The lowest BCUT2D eigenvalue weighted by Gasteiger charge is -2.09. The summed E-state index contributed by atoms with van der Waals surface area (Å²) in [7, 11) is 0. The van der Waals surface area contributed by atoms with Crippen molar-refractivity contribution in [3.05, 3.63) is 59.2 Å². The Morgan fingerprint density at radius 1 is 1.04 bits per heavy atom. The number of rotatable bonds is 4. The third kappa shape index (κ3) is 3.86. The number of aryl methyl sites for hydroxylation is 2. The van der Waals surface area contributed by atoms with Gasteiger partial charge >= 0.3 is 0 Å². The molecular formula is C20H19N3O2. The molecule has 0 spiro atoms. The highest BCUT2D eigenvalue weighted by atomic mass is 16.2. The van der Waals surface area contributed by atoms with Crippen LogP contribution in [0.4, 0.5) is 11.4 Å². The Labute approximate surface area is 146 Å². The van der Waals surface area contributed by atoms with Crippen molar-refractivity contribution in [2.45, 2.75) is 20.3 Å². The molecule has 2 aromatic rings. The lowest BCUT2D eigenvalue weighted by molar-refractivity contribution is -0.122. The van der Waals surface area contributed by atoms with Crippen LogP contribution in [0.5, 0.6) is 0 Å². The van der Waals surface area contributed by atoms with Gasteiger partial charge in [0.15, 0.2) is 0 Å². The molecule has 2 aromatic carbocycles. The van der Waals surface area contributed by atoms with Crippen molar-refractivity contribution < 1.29 is 9.59 Å². The van der Waals surface area contributed by atoms with Crippen LogP contribution in [0, 0.1) is 37.0 Å². The molecule has 0 aliphatic heterocycles. The number of benzene rings is 2. The quantitative estimate of drug-likeness (QED) is 0.900. The van der Waals surface area contributed by atoms with Crippen LogP contribution in [0.1, 0.15) is 23.1 Å². The van der Waals surface area contributed by atoms with Crippen molar-refractivity contribution >= 4 is 23.2 Å². The molecule has 1 aliphatic rings. The Kier molecular flexibility index (Phi) is 4.53. The molecule has 1 saturated carbocycles. The second-order valence-electron chi connectivity index (χ2n) is 6.44. The SMILES string of the molecule is Cc1ccc(NC(=O)C2CC2C(=O)Nc2cccc(C#N)c2)c(C)c1. The van der Waals surface area contributed by atoms with E-state index in [2.05, 4.69) is 10.6 Å². The molecule has 5 heteroatoms. The van der Waals surface area contributed by atoms with E-state index in [1.807, 2.05) is 38.1 Å². The number of carbonyl (C=O) groups excluding carboxylic acids is 2. The van der Waals surface area contributed by atoms with Crippen molar-refractivity contribution in [3.63, 3.8) is 0 Å². The highest BCUT2D eigenvalue weighted by Crippen LogP contribution is 2.40. The highest BCUT2D eigenvalue weighted by molar-refractivity contribution is 6.03. The topological polar surface area (TPSA) is 82.0 Å². The normalized spacial score (nSPS) is 18.1. The molecule has 126 valence electrons. The van der Waals surface area contributed by atoms with E-state index in [1.165, 1.54) is 0 Å². The molecule has 1 aliphatic carbocycles. The molecule has 2 unspecified atom stereocenters. The lowest BCUT2D eigenvalue weighted by Crippen LogP contribution is -2.21. The standard InChI is InChI=1S/C20H19N3O2/c1-12-6-7-18(13(2)8-12)23-20(25)17-10-16(17)19(24)22-15-5-3-4-14(9-15)11-21/h3-9,16-17H,10H2,1-2H3,(H,22,24)(H,23,25). The fraction of sp³-hybridized carbons (Fsp3) is 0.250. The molecule has 0 aromatic heterocycles. The Hall–Kier alpha value is -3.13. The van der Waals surface area contributed by atoms with Crippen LogP contribution in [-0.2, 0) is 9.59 Å². The summed E-state index contributed by atoms with van der Waals surface area (Å²) in [4.78, 5) is 24.6. The monoisotopic (exact) mass is 333 g/mol. The first-order valence-electron chi connectivity index (χ1n) is 8.17. The Balaban J connectivity index is 1.59. The average molecular weight is 333 g/mol. The van der Waals surface area contributed by atoms with Crippen molar-refractivity contribution in [2.75, 3.05) is 10.6 Å². The summed E-state index contributed by atoms with van der Waals surface area (Å²) < 4.78 is 0. The van der Waals surface area contributed by atoms with Gasteiger partial charge in [0.1, 0.15) is 0 Å². The second-order valence-corrected chi connectivity index (χ2v) is 6.44. The maximum Gasteiger partial charge on any atom is 0.228 e. The number of nitriles is 1. The van der Waals surface area contributed by atoms with Gasteiger partial charge in [-0.2, -0.15) is 5.26 Å². The molecule has 2 atom stereocenters. The zero-order valence-corrected chi connectivity index (χ0v) is 14.2. The molecule has 0 bridgehead atoms. The summed E-state index contributed by atoms with van der Waals surface area (Å²) in [6.45, 7) is 3.95. The molecule has 5 nitrogen and oxygen atoms in total. The fourth-order valence-electron chi connectivity index (χ4n) is 2.86. The zero-order valence-electron chi connectivity index (χ0n) is 14.2. The van der Waals surface area contributed by atoms with Crippen LogP contribution in [0.25, 0.3) is 0 Å². The number of nitrogens with one attached hydrogen (secondary N) is 2. The summed E-state index contributed by atoms with van der Waals surface area (Å²) in [6.07, 6.45) is 0.542. The fourth-order valence-corrected chi connectivity index (χ4v) is 2.86. The third-order valence-corrected chi connectivity index (χ3v) is 4.36. The molecular weight excluding hydrogens is 314 g/mol. The minimum Gasteiger partial charge on any atom is -0.326 e. The summed E-state index contributed by atoms with van der Waals surface area (Å²) in [5.41, 5.74) is 3.98. The van der Waals surface area contributed by atoms with E-state index >= 15 is 0 Å². The number of nitrogens with zero attached hydrogens (tertiary/aromatic N) is 1. The first-order chi connectivity index (χ1) is 12.0. The summed E-state index contributed by atoms with van der Waals surface area (Å²) in [6, 6.07) is 14.6. The number of amides is 2. The van der Waals surface area contributed by atoms with Gasteiger partial charge in [-0.1, -0.05) is 23.8 Å². The van der Waals surface area contributed by atoms with Gasteiger partial charge < -0.3 is 10.6 Å². The third-order valence-electron chi connectivity index (χ3n) is 4.36. The van der Waals surface area contributed by atoms with Gasteiger partial charge in [-0.05, 0) is 50.1 Å². The van der Waals surface area contributed by atoms with E-state index < -0.39 is 0 Å². The van der Waals surface area contributed by atoms with E-state index in [1.54, 1.807) is 24.3 Å². The average Bonchev–Trinajstić information content (AvgIpc) is 3.38. The van der Waals surface area contributed by atoms with Crippen molar-refractivity contribution in [3.8, 4) is 6.07 Å². The van der Waals surface area contributed by atoms with E-state index in [0.29, 0.717) is 17.7 Å². The van der Waals surface area contributed by atoms with E-state index in [-0.39, 0.29) is 23.7 Å². The zero-order chi connectivity index (χ0) is 18.0. The Morgan fingerprint density at radius 2 is 1.76 bits per heavy atom. The van der Waals surface area contributed by atoms with Crippen LogP contribution in [0.3, 0.4) is 0 Å². The van der Waals surface area contributed by atoms with Crippen LogP contribution < -0.4 is 10.6 Å². The Morgan fingerprint density at radius 3 is 2.44 bits per heavy atom. The van der Waals surface area contributed by atoms with Crippen LogP contribution in [0.15, 0.2) is 42.5 Å². The molecule has 0 heterocycles. The smallest absolute Gasteiger partial charge is 0.228 e. The lowest BCUT2D eigenvalue weighted by atomic mass is 10.1. The van der Waals surface area contributed by atoms with Gasteiger partial charge in [-0.25, -0.2) is 0 Å². The van der Waals surface area contributed by atoms with Gasteiger partial charge in [0, 0.05) is 11.4 Å². The number of carbonyl (C=O) groups is 2. The molecule has 0 radical (unpaired) electrons. The number of hydrogen-bond acceptors (Lipinski definition) is 3. The van der Waals surface area contributed by atoms with Gasteiger partial charge in [0.2, 0.25) is 11.8 Å². The van der Waals surface area contributed by atoms with Crippen molar-refractivity contribution in [1.82, 2.24) is 0 Å². The van der Waals surface area contributed by atoms with Crippen LogP contribution in [0.2, 0.25) is 0 Å². The molecule has 3 rings (SSSR count). The van der Waals surface area contributed by atoms with Crippen molar-refractivity contribution in [2.24, 2.45) is 11.8 Å². The predicted octanol–water partition coefficient (Wildman–Crippen LogP) is 3.39. The number of hydrogen-bond donors (Lipinski definition) is 2. The number of anilines is 2. The van der Waals surface area contributed by atoms with Gasteiger partial charge in [0.25, 0.3) is 0 Å². The van der Waals surface area contributed by atoms with E-state index in [9.17, 15) is 9.59 Å². The van der Waals surface area contributed by atoms with Crippen molar-refractivity contribution in [1.29, 1.82) is 5.26 Å². The summed E-state index contributed by atoms with van der Waals surface area (Å²) >= 11 is 0. The van der Waals surface area contributed by atoms with Crippen LogP contribution in [-0.4, -0.2) is 11.8 Å².